The zero-order chi connectivity index (χ0) is 19.7. The average Bonchev–Trinajstić information content (AvgIpc) is 3.37. The summed E-state index contributed by atoms with van der Waals surface area (Å²) in [5, 5.41) is 7.63. The molecule has 1 aliphatic carbocycles. The highest BCUT2D eigenvalue weighted by molar-refractivity contribution is 5.91. The van der Waals surface area contributed by atoms with E-state index in [9.17, 15) is 4.79 Å². The minimum atomic E-state index is -0.370. The smallest absolute Gasteiger partial charge is 0.231 e. The van der Waals surface area contributed by atoms with E-state index in [1.807, 2.05) is 37.4 Å². The van der Waals surface area contributed by atoms with Crippen molar-refractivity contribution in [3.05, 3.63) is 77.6 Å². The standard InChI is InChI=1S/C23H25N3O2/c1-16-7-9-19(10-8-16)23(11-12-23)22(27)25-17(2)18-14-24-26(15-18)20-5-4-6-21(13-20)28-3/h4-10,13-15,17H,11-12H2,1-3H3,(H,25,27)/t17-/m1/s1. The second-order valence-corrected chi connectivity index (χ2v) is 7.56. The van der Waals surface area contributed by atoms with Gasteiger partial charge in [0.1, 0.15) is 5.75 Å². The lowest BCUT2D eigenvalue weighted by Crippen LogP contribution is -2.36. The lowest BCUT2D eigenvalue weighted by molar-refractivity contribution is -0.124. The monoisotopic (exact) mass is 375 g/mol. The number of nitrogens with one attached hydrogen (secondary N) is 1. The van der Waals surface area contributed by atoms with E-state index in [4.69, 9.17) is 4.74 Å². The van der Waals surface area contributed by atoms with Crippen molar-refractivity contribution in [3.63, 3.8) is 0 Å². The van der Waals surface area contributed by atoms with Gasteiger partial charge in [0.2, 0.25) is 5.91 Å². The fraction of sp³-hybridized carbons (Fsp3) is 0.304. The molecular weight excluding hydrogens is 350 g/mol. The fourth-order valence-corrected chi connectivity index (χ4v) is 3.52. The lowest BCUT2D eigenvalue weighted by Gasteiger charge is -2.19. The summed E-state index contributed by atoms with van der Waals surface area (Å²) in [6, 6.07) is 15.9. The number of carbonyl (C=O) groups excluding carboxylic acids is 1. The minimum Gasteiger partial charge on any atom is -0.497 e. The first kappa shape index (κ1) is 18.3. The van der Waals surface area contributed by atoms with Crippen molar-refractivity contribution >= 4 is 5.91 Å². The highest BCUT2D eigenvalue weighted by Crippen LogP contribution is 2.48. The first-order chi connectivity index (χ1) is 13.5. The number of aromatic nitrogens is 2. The van der Waals surface area contributed by atoms with Gasteiger partial charge >= 0.3 is 0 Å². The van der Waals surface area contributed by atoms with Crippen LogP contribution in [0.3, 0.4) is 0 Å². The molecule has 3 aromatic rings. The van der Waals surface area contributed by atoms with Gasteiger partial charge in [0, 0.05) is 17.8 Å². The first-order valence-corrected chi connectivity index (χ1v) is 9.59. The number of nitrogens with zero attached hydrogens (tertiary/aromatic N) is 2. The number of hydrogen-bond acceptors (Lipinski definition) is 3. The van der Waals surface area contributed by atoms with Crippen molar-refractivity contribution < 1.29 is 9.53 Å². The summed E-state index contributed by atoms with van der Waals surface area (Å²) in [5.41, 5.74) is 3.83. The van der Waals surface area contributed by atoms with Gasteiger partial charge in [-0.2, -0.15) is 5.10 Å². The first-order valence-electron chi connectivity index (χ1n) is 9.59. The molecule has 0 saturated heterocycles. The topological polar surface area (TPSA) is 56.1 Å². The molecule has 1 aliphatic rings. The minimum absolute atomic E-state index is 0.0954. The van der Waals surface area contributed by atoms with E-state index in [1.54, 1.807) is 18.0 Å². The molecule has 0 bridgehead atoms. The van der Waals surface area contributed by atoms with Crippen LogP contribution in [0.25, 0.3) is 5.69 Å². The molecular formula is C23H25N3O2. The number of rotatable bonds is 6. The molecule has 5 heteroatoms. The Balaban J connectivity index is 1.48. The molecule has 0 spiro atoms. The molecule has 28 heavy (non-hydrogen) atoms. The predicted molar refractivity (Wildman–Crippen MR) is 109 cm³/mol. The highest BCUT2D eigenvalue weighted by atomic mass is 16.5. The molecule has 1 aromatic heterocycles. The van der Waals surface area contributed by atoms with Crippen molar-refractivity contribution in [3.8, 4) is 11.4 Å². The SMILES string of the molecule is COc1cccc(-n2cc([C@@H](C)NC(=O)C3(c4ccc(C)cc4)CC3)cn2)c1. The third kappa shape index (κ3) is 3.40. The maximum absolute atomic E-state index is 13.0. The van der Waals surface area contributed by atoms with Gasteiger partial charge < -0.3 is 10.1 Å². The number of amides is 1. The third-order valence-corrected chi connectivity index (χ3v) is 5.56. The van der Waals surface area contributed by atoms with E-state index in [1.165, 1.54) is 5.56 Å². The average molecular weight is 375 g/mol. The molecule has 0 unspecified atom stereocenters. The van der Waals surface area contributed by atoms with E-state index >= 15 is 0 Å². The Morgan fingerprint density at radius 1 is 1.21 bits per heavy atom. The van der Waals surface area contributed by atoms with Crippen LogP contribution in [0, 0.1) is 6.92 Å². The third-order valence-electron chi connectivity index (χ3n) is 5.56. The van der Waals surface area contributed by atoms with E-state index in [2.05, 4.69) is 41.6 Å². The number of hydrogen-bond donors (Lipinski definition) is 1. The molecule has 4 rings (SSSR count). The van der Waals surface area contributed by atoms with E-state index in [-0.39, 0.29) is 17.4 Å². The van der Waals surface area contributed by atoms with Crippen molar-refractivity contribution in [1.82, 2.24) is 15.1 Å². The van der Waals surface area contributed by atoms with Crippen LogP contribution in [0.4, 0.5) is 0 Å². The maximum atomic E-state index is 13.0. The van der Waals surface area contributed by atoms with Gasteiger partial charge in [-0.25, -0.2) is 4.68 Å². The molecule has 0 radical (unpaired) electrons. The van der Waals surface area contributed by atoms with Gasteiger partial charge in [0.05, 0.1) is 30.5 Å². The van der Waals surface area contributed by atoms with Crippen LogP contribution in [-0.4, -0.2) is 22.8 Å². The van der Waals surface area contributed by atoms with Gasteiger partial charge in [-0.05, 0) is 44.4 Å². The van der Waals surface area contributed by atoms with E-state index < -0.39 is 0 Å². The Hall–Kier alpha value is -3.08. The number of methoxy groups -OCH3 is 1. The van der Waals surface area contributed by atoms with Crippen molar-refractivity contribution in [2.45, 2.75) is 38.1 Å². The largest absolute Gasteiger partial charge is 0.497 e. The van der Waals surface area contributed by atoms with E-state index in [0.717, 1.165) is 35.4 Å². The molecule has 2 aromatic carbocycles. The Labute approximate surface area is 165 Å². The summed E-state index contributed by atoms with van der Waals surface area (Å²) in [4.78, 5) is 13.0. The van der Waals surface area contributed by atoms with Crippen molar-refractivity contribution in [1.29, 1.82) is 0 Å². The van der Waals surface area contributed by atoms with Crippen LogP contribution < -0.4 is 10.1 Å². The summed E-state index contributed by atoms with van der Waals surface area (Å²) in [7, 11) is 1.65. The summed E-state index contributed by atoms with van der Waals surface area (Å²) in [6.45, 7) is 4.06. The van der Waals surface area contributed by atoms with Gasteiger partial charge in [0.25, 0.3) is 0 Å². The number of ether oxygens (including phenoxy) is 1. The normalized spacial score (nSPS) is 15.7. The molecule has 144 valence electrons. The second kappa shape index (κ2) is 7.15. The van der Waals surface area contributed by atoms with Crippen molar-refractivity contribution in [2.24, 2.45) is 0 Å². The summed E-state index contributed by atoms with van der Waals surface area (Å²) >= 11 is 0. The summed E-state index contributed by atoms with van der Waals surface area (Å²) < 4.78 is 7.08. The highest BCUT2D eigenvalue weighted by Gasteiger charge is 2.51. The second-order valence-electron chi connectivity index (χ2n) is 7.56. The Morgan fingerprint density at radius 3 is 2.64 bits per heavy atom. The fourth-order valence-electron chi connectivity index (χ4n) is 3.52. The number of carbonyl (C=O) groups is 1. The predicted octanol–water partition coefficient (Wildman–Crippen LogP) is 4.10. The summed E-state index contributed by atoms with van der Waals surface area (Å²) in [6.07, 6.45) is 5.55. The van der Waals surface area contributed by atoms with Crippen molar-refractivity contribution in [2.75, 3.05) is 7.11 Å². The number of benzene rings is 2. The van der Waals surface area contributed by atoms with Gasteiger partial charge in [-0.3, -0.25) is 4.79 Å². The van der Waals surface area contributed by atoms with Gasteiger partial charge in [-0.1, -0.05) is 35.9 Å². The molecule has 1 heterocycles. The van der Waals surface area contributed by atoms with Crippen LogP contribution in [0.5, 0.6) is 5.75 Å². The molecule has 1 atom stereocenters. The van der Waals surface area contributed by atoms with Crippen LogP contribution >= 0.6 is 0 Å². The Bertz CT molecular complexity index is 987. The molecule has 1 saturated carbocycles. The Morgan fingerprint density at radius 2 is 1.96 bits per heavy atom. The number of aryl methyl sites for hydroxylation is 1. The zero-order valence-electron chi connectivity index (χ0n) is 16.5. The summed E-state index contributed by atoms with van der Waals surface area (Å²) in [5.74, 6) is 0.877. The van der Waals surface area contributed by atoms with Gasteiger partial charge in [-0.15, -0.1) is 0 Å². The van der Waals surface area contributed by atoms with Gasteiger partial charge in [0.15, 0.2) is 0 Å². The maximum Gasteiger partial charge on any atom is 0.231 e. The lowest BCUT2D eigenvalue weighted by atomic mass is 9.93. The molecule has 1 amide bonds. The molecule has 5 nitrogen and oxygen atoms in total. The van der Waals surface area contributed by atoms with Crippen LogP contribution in [0.1, 0.15) is 42.5 Å². The van der Waals surface area contributed by atoms with E-state index in [0.29, 0.717) is 0 Å². The zero-order valence-corrected chi connectivity index (χ0v) is 16.5. The Kier molecular flexibility index (Phi) is 4.67. The molecule has 0 aliphatic heterocycles. The molecule has 1 fully saturated rings. The molecule has 1 N–H and O–H groups in total. The van der Waals surface area contributed by atoms with Crippen LogP contribution in [0.15, 0.2) is 60.9 Å². The van der Waals surface area contributed by atoms with Crippen LogP contribution in [-0.2, 0) is 10.2 Å². The van der Waals surface area contributed by atoms with Crippen LogP contribution in [0.2, 0.25) is 0 Å². The quantitative estimate of drug-likeness (QED) is 0.706.